The van der Waals surface area contributed by atoms with Crippen LogP contribution in [0.25, 0.3) is 10.9 Å². The Hall–Kier alpha value is -2.74. The van der Waals surface area contributed by atoms with Gasteiger partial charge in [-0.1, -0.05) is 58.4 Å². The third-order valence-electron chi connectivity index (χ3n) is 5.52. The van der Waals surface area contributed by atoms with E-state index >= 15 is 0 Å². The zero-order chi connectivity index (χ0) is 22.9. The van der Waals surface area contributed by atoms with Crippen LogP contribution in [-0.2, 0) is 23.1 Å². The van der Waals surface area contributed by atoms with Crippen molar-refractivity contribution in [1.82, 2.24) is 9.29 Å². The van der Waals surface area contributed by atoms with Crippen LogP contribution >= 0.6 is 15.9 Å². The Morgan fingerprint density at radius 2 is 1.53 bits per heavy atom. The van der Waals surface area contributed by atoms with Crippen LogP contribution in [0.1, 0.15) is 22.3 Å². The summed E-state index contributed by atoms with van der Waals surface area (Å²) in [6.07, 6.45) is 0. The second-order valence-electron chi connectivity index (χ2n) is 7.82. The van der Waals surface area contributed by atoms with E-state index in [0.29, 0.717) is 5.56 Å². The number of H-pyrrole nitrogens is 1. The number of hydrogen-bond donors (Lipinski definition) is 1. The molecule has 0 amide bonds. The Morgan fingerprint density at radius 1 is 0.875 bits per heavy atom. The number of aryl methyl sites for hydroxylation is 2. The fourth-order valence-electron chi connectivity index (χ4n) is 3.69. The number of aromatic nitrogens is 1. The average molecular weight is 511 g/mol. The van der Waals surface area contributed by atoms with Crippen LogP contribution in [0.2, 0.25) is 0 Å². The molecule has 1 heterocycles. The van der Waals surface area contributed by atoms with Gasteiger partial charge in [0.25, 0.3) is 5.56 Å². The summed E-state index contributed by atoms with van der Waals surface area (Å²) >= 11 is 3.35. The molecule has 164 valence electrons. The van der Waals surface area contributed by atoms with Gasteiger partial charge in [-0.15, -0.1) is 0 Å². The zero-order valence-corrected chi connectivity index (χ0v) is 20.2. The quantitative estimate of drug-likeness (QED) is 0.382. The number of hydrogen-bond acceptors (Lipinski definition) is 3. The molecule has 1 N–H and O–H groups in total. The fraction of sp³-hybridized carbons (Fsp3) is 0.160. The molecule has 0 radical (unpaired) electrons. The highest BCUT2D eigenvalue weighted by Gasteiger charge is 2.26. The summed E-state index contributed by atoms with van der Waals surface area (Å²) in [6, 6.07) is 21.7. The molecule has 32 heavy (non-hydrogen) atoms. The van der Waals surface area contributed by atoms with Crippen molar-refractivity contribution < 1.29 is 8.42 Å². The molecule has 0 saturated carbocycles. The number of halogens is 1. The van der Waals surface area contributed by atoms with E-state index in [1.54, 1.807) is 24.3 Å². The van der Waals surface area contributed by atoms with Gasteiger partial charge >= 0.3 is 0 Å². The average Bonchev–Trinajstić information content (AvgIpc) is 2.78. The van der Waals surface area contributed by atoms with Crippen molar-refractivity contribution in [3.63, 3.8) is 0 Å². The van der Waals surface area contributed by atoms with E-state index in [1.165, 1.54) is 4.31 Å². The van der Waals surface area contributed by atoms with Crippen LogP contribution in [0.4, 0.5) is 0 Å². The molecule has 0 atom stereocenters. The SMILES string of the molecule is Cc1ccc(C)c2[nH]c(=O)c(CN(Cc3ccccc3)S(=O)(=O)c3ccc(Br)cc3)cc12. The molecule has 0 aliphatic carbocycles. The topological polar surface area (TPSA) is 70.2 Å². The molecule has 7 heteroatoms. The monoisotopic (exact) mass is 510 g/mol. The van der Waals surface area contributed by atoms with Crippen LogP contribution in [0, 0.1) is 13.8 Å². The summed E-state index contributed by atoms with van der Waals surface area (Å²) in [6.45, 7) is 4.04. The Labute approximate surface area is 195 Å². The molecule has 0 unspecified atom stereocenters. The van der Waals surface area contributed by atoms with Crippen molar-refractivity contribution in [2.45, 2.75) is 31.8 Å². The summed E-state index contributed by atoms with van der Waals surface area (Å²) in [5.74, 6) is 0. The predicted octanol–water partition coefficient (Wildman–Crippen LogP) is 5.30. The van der Waals surface area contributed by atoms with E-state index in [1.807, 2.05) is 62.4 Å². The molecular weight excluding hydrogens is 488 g/mol. The maximum atomic E-state index is 13.5. The molecule has 4 rings (SSSR count). The number of rotatable bonds is 6. The number of pyridine rings is 1. The van der Waals surface area contributed by atoms with E-state index in [9.17, 15) is 13.2 Å². The minimum Gasteiger partial charge on any atom is -0.321 e. The number of nitrogens with one attached hydrogen (secondary N) is 1. The van der Waals surface area contributed by atoms with Gasteiger partial charge in [-0.05, 0) is 60.9 Å². The van der Waals surface area contributed by atoms with Gasteiger partial charge in [-0.2, -0.15) is 4.31 Å². The molecular formula is C25H23BrN2O3S. The van der Waals surface area contributed by atoms with Crippen LogP contribution < -0.4 is 5.56 Å². The first-order chi connectivity index (χ1) is 15.3. The highest BCUT2D eigenvalue weighted by Crippen LogP contribution is 2.24. The lowest BCUT2D eigenvalue weighted by molar-refractivity contribution is 0.400. The number of benzene rings is 3. The number of sulfonamides is 1. The third kappa shape index (κ3) is 4.55. The van der Waals surface area contributed by atoms with E-state index < -0.39 is 10.0 Å². The summed E-state index contributed by atoms with van der Waals surface area (Å²) in [5.41, 5.74) is 3.74. The Kier molecular flexibility index (Phi) is 6.33. The lowest BCUT2D eigenvalue weighted by Gasteiger charge is -2.23. The van der Waals surface area contributed by atoms with Gasteiger partial charge in [0.2, 0.25) is 10.0 Å². The molecule has 3 aromatic carbocycles. The maximum absolute atomic E-state index is 13.5. The maximum Gasteiger partial charge on any atom is 0.252 e. The smallest absolute Gasteiger partial charge is 0.252 e. The van der Waals surface area contributed by atoms with Crippen LogP contribution in [0.3, 0.4) is 0 Å². The summed E-state index contributed by atoms with van der Waals surface area (Å²) in [4.78, 5) is 16.0. The summed E-state index contributed by atoms with van der Waals surface area (Å²) < 4.78 is 29.2. The minimum absolute atomic E-state index is 0.0358. The van der Waals surface area contributed by atoms with Crippen molar-refractivity contribution in [2.75, 3.05) is 0 Å². The first-order valence-electron chi connectivity index (χ1n) is 10.2. The first kappa shape index (κ1) is 22.5. The summed E-state index contributed by atoms with van der Waals surface area (Å²) in [7, 11) is -3.84. The molecule has 0 aliphatic rings. The number of aromatic amines is 1. The van der Waals surface area contributed by atoms with Crippen molar-refractivity contribution >= 4 is 36.9 Å². The number of nitrogens with zero attached hydrogens (tertiary/aromatic N) is 1. The van der Waals surface area contributed by atoms with Gasteiger partial charge in [0.15, 0.2) is 0 Å². The van der Waals surface area contributed by atoms with Gasteiger partial charge in [-0.25, -0.2) is 8.42 Å². The summed E-state index contributed by atoms with van der Waals surface area (Å²) in [5, 5.41) is 0.917. The van der Waals surface area contributed by atoms with Gasteiger partial charge in [0, 0.05) is 28.5 Å². The molecule has 5 nitrogen and oxygen atoms in total. The van der Waals surface area contributed by atoms with Gasteiger partial charge in [-0.3, -0.25) is 4.79 Å². The zero-order valence-electron chi connectivity index (χ0n) is 17.8. The molecule has 1 aromatic heterocycles. The van der Waals surface area contributed by atoms with E-state index in [2.05, 4.69) is 20.9 Å². The second-order valence-corrected chi connectivity index (χ2v) is 10.7. The van der Waals surface area contributed by atoms with Crippen molar-refractivity contribution in [3.05, 3.63) is 110 Å². The van der Waals surface area contributed by atoms with E-state index in [4.69, 9.17) is 0 Å². The third-order valence-corrected chi connectivity index (χ3v) is 7.86. The second kappa shape index (κ2) is 9.02. The highest BCUT2D eigenvalue weighted by atomic mass is 79.9. The standard InChI is InChI=1S/C25H23BrN2O3S/c1-17-8-9-18(2)24-23(17)14-20(25(29)27-24)16-28(15-19-6-4-3-5-7-19)32(30,31)22-12-10-21(26)11-13-22/h3-14H,15-16H2,1-2H3,(H,27,29). The molecule has 0 saturated heterocycles. The van der Waals surface area contributed by atoms with Gasteiger partial charge in [0.1, 0.15) is 0 Å². The number of fused-ring (bicyclic) bond motifs is 1. The predicted molar refractivity (Wildman–Crippen MR) is 131 cm³/mol. The van der Waals surface area contributed by atoms with Crippen LogP contribution in [0.15, 0.2) is 87.0 Å². The molecule has 0 aliphatic heterocycles. The lowest BCUT2D eigenvalue weighted by Crippen LogP contribution is -2.32. The molecule has 0 fully saturated rings. The molecule has 0 bridgehead atoms. The highest BCUT2D eigenvalue weighted by molar-refractivity contribution is 9.10. The normalized spacial score (nSPS) is 11.9. The van der Waals surface area contributed by atoms with E-state index in [-0.39, 0.29) is 23.5 Å². The lowest BCUT2D eigenvalue weighted by atomic mass is 10.0. The van der Waals surface area contributed by atoms with E-state index in [0.717, 1.165) is 32.1 Å². The first-order valence-corrected chi connectivity index (χ1v) is 12.4. The molecule has 4 aromatic rings. The largest absolute Gasteiger partial charge is 0.321 e. The Bertz CT molecular complexity index is 1430. The van der Waals surface area contributed by atoms with Gasteiger partial charge in [0.05, 0.1) is 10.4 Å². The Balaban J connectivity index is 1.80. The van der Waals surface area contributed by atoms with Crippen LogP contribution in [-0.4, -0.2) is 17.7 Å². The van der Waals surface area contributed by atoms with Crippen molar-refractivity contribution in [2.24, 2.45) is 0 Å². The van der Waals surface area contributed by atoms with Gasteiger partial charge < -0.3 is 4.98 Å². The minimum atomic E-state index is -3.84. The Morgan fingerprint density at radius 3 is 2.22 bits per heavy atom. The van der Waals surface area contributed by atoms with Crippen molar-refractivity contribution in [3.8, 4) is 0 Å². The van der Waals surface area contributed by atoms with Crippen LogP contribution in [0.5, 0.6) is 0 Å². The fourth-order valence-corrected chi connectivity index (χ4v) is 5.36. The van der Waals surface area contributed by atoms with Crippen molar-refractivity contribution in [1.29, 1.82) is 0 Å². The molecule has 0 spiro atoms.